The SMILES string of the molecule is COc1ccc(N(C(=O)Nc2ccc(Cl)cc2)C(C)c2nc3ccc(F)cc3c(=O)n2N2CCN(C)CC2)c(OC)c1. The van der Waals surface area contributed by atoms with Gasteiger partial charge in [-0.05, 0) is 68.6 Å². The molecule has 1 unspecified atom stereocenters. The maximum absolute atomic E-state index is 14.2. The van der Waals surface area contributed by atoms with Crippen molar-refractivity contribution in [1.29, 1.82) is 0 Å². The van der Waals surface area contributed by atoms with Crippen LogP contribution in [0.15, 0.2) is 65.5 Å². The van der Waals surface area contributed by atoms with Gasteiger partial charge in [0.05, 0.1) is 36.9 Å². The van der Waals surface area contributed by atoms with Crippen LogP contribution in [0.3, 0.4) is 0 Å². The molecule has 0 saturated carbocycles. The fourth-order valence-electron chi connectivity index (χ4n) is 5.02. The fraction of sp³-hybridized carbons (Fsp3) is 0.300. The highest BCUT2D eigenvalue weighted by Gasteiger charge is 2.32. The van der Waals surface area contributed by atoms with E-state index in [4.69, 9.17) is 26.1 Å². The second-order valence-electron chi connectivity index (χ2n) is 10.0. The number of nitrogens with zero attached hydrogens (tertiary/aromatic N) is 5. The molecule has 1 atom stereocenters. The van der Waals surface area contributed by atoms with Crippen molar-refractivity contribution in [1.82, 2.24) is 14.6 Å². The number of piperazine rings is 1. The monoisotopic (exact) mass is 594 g/mol. The lowest BCUT2D eigenvalue weighted by atomic mass is 10.1. The van der Waals surface area contributed by atoms with Crippen LogP contribution in [0.1, 0.15) is 18.8 Å². The molecule has 12 heteroatoms. The summed E-state index contributed by atoms with van der Waals surface area (Å²) in [6.07, 6.45) is 0. The van der Waals surface area contributed by atoms with Crippen molar-refractivity contribution < 1.29 is 18.7 Å². The van der Waals surface area contributed by atoms with Gasteiger partial charge in [-0.2, -0.15) is 0 Å². The summed E-state index contributed by atoms with van der Waals surface area (Å²) in [5, 5.41) is 5.50. The van der Waals surface area contributed by atoms with Gasteiger partial charge in [0.2, 0.25) is 0 Å². The molecule has 1 fully saturated rings. The number of hydrogen-bond donors (Lipinski definition) is 1. The van der Waals surface area contributed by atoms with Gasteiger partial charge < -0.3 is 24.7 Å². The number of rotatable bonds is 7. The Morgan fingerprint density at radius 2 is 1.74 bits per heavy atom. The molecule has 1 saturated heterocycles. The Hall–Kier alpha value is -4.35. The molecule has 5 rings (SSSR count). The quantitative estimate of drug-likeness (QED) is 0.326. The molecule has 1 aliphatic heterocycles. The molecule has 1 aromatic heterocycles. The predicted octanol–water partition coefficient (Wildman–Crippen LogP) is 4.89. The van der Waals surface area contributed by atoms with Crippen molar-refractivity contribution in [2.45, 2.75) is 13.0 Å². The second kappa shape index (κ2) is 12.3. The minimum atomic E-state index is -0.790. The summed E-state index contributed by atoms with van der Waals surface area (Å²) in [5.74, 6) is 0.706. The van der Waals surface area contributed by atoms with Gasteiger partial charge in [-0.1, -0.05) is 11.6 Å². The van der Waals surface area contributed by atoms with E-state index < -0.39 is 23.4 Å². The second-order valence-corrected chi connectivity index (χ2v) is 10.5. The highest BCUT2D eigenvalue weighted by Crippen LogP contribution is 2.37. The van der Waals surface area contributed by atoms with Crippen molar-refractivity contribution in [2.75, 3.05) is 62.7 Å². The Morgan fingerprint density at radius 3 is 2.40 bits per heavy atom. The highest BCUT2D eigenvalue weighted by molar-refractivity contribution is 6.30. The molecule has 42 heavy (non-hydrogen) atoms. The van der Waals surface area contributed by atoms with E-state index in [0.717, 1.165) is 0 Å². The summed E-state index contributed by atoms with van der Waals surface area (Å²) in [6.45, 7) is 4.31. The number of ether oxygens (including phenoxy) is 2. The Labute approximate surface area is 247 Å². The van der Waals surface area contributed by atoms with E-state index in [-0.39, 0.29) is 5.39 Å². The number of carbonyl (C=O) groups is 1. The van der Waals surface area contributed by atoms with Gasteiger partial charge in [0.25, 0.3) is 5.56 Å². The molecule has 3 aromatic carbocycles. The number of urea groups is 1. The number of amides is 2. The number of benzene rings is 3. The van der Waals surface area contributed by atoms with Gasteiger partial charge >= 0.3 is 6.03 Å². The molecule has 1 aliphatic rings. The number of methoxy groups -OCH3 is 2. The fourth-order valence-corrected chi connectivity index (χ4v) is 5.14. The van der Waals surface area contributed by atoms with Gasteiger partial charge in [-0.25, -0.2) is 18.8 Å². The third-order valence-corrected chi connectivity index (χ3v) is 7.57. The Balaban J connectivity index is 1.69. The standard InChI is InChI=1S/C30H32ClFN6O4/c1-19(28-34-25-11-7-21(32)17-24(25)29(39)38(28)36-15-13-35(2)14-16-36)37(26-12-10-23(41-3)18-27(26)42-4)30(40)33-22-8-5-20(31)6-9-22/h5-12,17-19H,13-16H2,1-4H3,(H,33,40). The Bertz CT molecular complexity index is 1660. The number of halogens is 2. The van der Waals surface area contributed by atoms with Crippen molar-refractivity contribution >= 4 is 39.9 Å². The molecule has 0 bridgehead atoms. The molecule has 2 amide bonds. The summed E-state index contributed by atoms with van der Waals surface area (Å²) in [6, 6.07) is 14.5. The first kappa shape index (κ1) is 29.2. The van der Waals surface area contributed by atoms with E-state index in [1.54, 1.807) is 56.5 Å². The maximum Gasteiger partial charge on any atom is 0.327 e. The van der Waals surface area contributed by atoms with Gasteiger partial charge in [-0.3, -0.25) is 9.69 Å². The number of carbonyl (C=O) groups excluding carboxylic acids is 1. The molecule has 10 nitrogen and oxygen atoms in total. The molecule has 4 aromatic rings. The maximum atomic E-state index is 14.2. The largest absolute Gasteiger partial charge is 0.497 e. The van der Waals surface area contributed by atoms with E-state index in [1.165, 1.54) is 34.9 Å². The molecule has 2 heterocycles. The van der Waals surface area contributed by atoms with Crippen LogP contribution in [-0.4, -0.2) is 68.0 Å². The molecule has 0 aliphatic carbocycles. The van der Waals surface area contributed by atoms with E-state index in [2.05, 4.69) is 10.2 Å². The number of anilines is 2. The minimum Gasteiger partial charge on any atom is -0.497 e. The van der Waals surface area contributed by atoms with Crippen LogP contribution < -0.4 is 30.3 Å². The van der Waals surface area contributed by atoms with Crippen LogP contribution in [-0.2, 0) is 0 Å². The average Bonchev–Trinajstić information content (AvgIpc) is 2.99. The number of fused-ring (bicyclic) bond motifs is 1. The number of aromatic nitrogens is 2. The zero-order chi connectivity index (χ0) is 30.0. The van der Waals surface area contributed by atoms with E-state index in [0.29, 0.717) is 65.4 Å². The predicted molar refractivity (Wildman–Crippen MR) is 162 cm³/mol. The Kier molecular flexibility index (Phi) is 8.51. The van der Waals surface area contributed by atoms with Gasteiger partial charge in [0, 0.05) is 43.0 Å². The van der Waals surface area contributed by atoms with Gasteiger partial charge in [-0.15, -0.1) is 0 Å². The molecular weight excluding hydrogens is 563 g/mol. The van der Waals surface area contributed by atoms with Crippen molar-refractivity contribution in [3.05, 3.63) is 87.7 Å². The summed E-state index contributed by atoms with van der Waals surface area (Å²) < 4.78 is 26.8. The van der Waals surface area contributed by atoms with Crippen LogP contribution in [0, 0.1) is 5.82 Å². The van der Waals surface area contributed by atoms with Crippen LogP contribution in [0.5, 0.6) is 11.5 Å². The molecule has 1 N–H and O–H groups in total. The number of likely N-dealkylation sites (N-methyl/N-ethyl adjacent to an activating group) is 1. The lowest BCUT2D eigenvalue weighted by molar-refractivity contribution is 0.253. The lowest BCUT2D eigenvalue weighted by Crippen LogP contribution is -2.55. The first-order valence-electron chi connectivity index (χ1n) is 13.4. The average molecular weight is 595 g/mol. The molecular formula is C30H32ClFN6O4. The summed E-state index contributed by atoms with van der Waals surface area (Å²) in [7, 11) is 5.05. The number of hydrogen-bond acceptors (Lipinski definition) is 7. The summed E-state index contributed by atoms with van der Waals surface area (Å²) >= 11 is 6.05. The van der Waals surface area contributed by atoms with Crippen LogP contribution in [0.4, 0.5) is 20.6 Å². The minimum absolute atomic E-state index is 0.157. The zero-order valence-electron chi connectivity index (χ0n) is 23.8. The first-order chi connectivity index (χ1) is 20.2. The van der Waals surface area contributed by atoms with E-state index in [1.807, 2.05) is 12.1 Å². The van der Waals surface area contributed by atoms with Crippen LogP contribution in [0.2, 0.25) is 5.02 Å². The highest BCUT2D eigenvalue weighted by atomic mass is 35.5. The normalized spacial score (nSPS) is 14.5. The smallest absolute Gasteiger partial charge is 0.327 e. The Morgan fingerprint density at radius 1 is 1.02 bits per heavy atom. The molecule has 220 valence electrons. The van der Waals surface area contributed by atoms with E-state index in [9.17, 15) is 14.0 Å². The van der Waals surface area contributed by atoms with Gasteiger partial charge in [0.15, 0.2) is 5.82 Å². The van der Waals surface area contributed by atoms with E-state index >= 15 is 0 Å². The first-order valence-corrected chi connectivity index (χ1v) is 13.8. The van der Waals surface area contributed by atoms with Crippen LogP contribution >= 0.6 is 11.6 Å². The number of nitrogens with one attached hydrogen (secondary N) is 1. The summed E-state index contributed by atoms with van der Waals surface area (Å²) in [5.41, 5.74) is 0.863. The van der Waals surface area contributed by atoms with Crippen molar-refractivity contribution in [2.24, 2.45) is 0 Å². The molecule has 0 radical (unpaired) electrons. The zero-order valence-corrected chi connectivity index (χ0v) is 24.6. The van der Waals surface area contributed by atoms with Crippen molar-refractivity contribution in [3.63, 3.8) is 0 Å². The molecule has 0 spiro atoms. The lowest BCUT2D eigenvalue weighted by Gasteiger charge is -2.38. The van der Waals surface area contributed by atoms with Crippen LogP contribution in [0.25, 0.3) is 10.9 Å². The topological polar surface area (TPSA) is 92.2 Å². The summed E-state index contributed by atoms with van der Waals surface area (Å²) in [4.78, 5) is 36.5. The van der Waals surface area contributed by atoms with Gasteiger partial charge in [0.1, 0.15) is 17.3 Å². The third-order valence-electron chi connectivity index (χ3n) is 7.32. The third kappa shape index (κ3) is 5.83. The van der Waals surface area contributed by atoms with Crippen molar-refractivity contribution in [3.8, 4) is 11.5 Å².